The van der Waals surface area contributed by atoms with Crippen LogP contribution in [0.25, 0.3) is 11.4 Å². The van der Waals surface area contributed by atoms with Crippen molar-refractivity contribution in [2.75, 3.05) is 11.9 Å². The van der Waals surface area contributed by atoms with Gasteiger partial charge < -0.3 is 10.1 Å². The molecule has 0 spiro atoms. The summed E-state index contributed by atoms with van der Waals surface area (Å²) in [4.78, 5) is 29.8. The molecular weight excluding hydrogens is 326 g/mol. The number of carbonyl (C=O) groups excluding carboxylic acids is 1. The van der Waals surface area contributed by atoms with Gasteiger partial charge in [-0.25, -0.2) is 19.7 Å². The molecule has 0 aromatic carbocycles. The molecule has 0 bridgehead atoms. The van der Waals surface area contributed by atoms with E-state index in [4.69, 9.17) is 4.74 Å². The van der Waals surface area contributed by atoms with Crippen LogP contribution in [-0.4, -0.2) is 32.5 Å². The number of aryl methyl sites for hydroxylation is 1. The van der Waals surface area contributed by atoms with E-state index in [-0.39, 0.29) is 0 Å². The number of carbonyl (C=O) groups is 1. The molecule has 0 atom stereocenters. The minimum absolute atomic E-state index is 0.294. The largest absolute Gasteiger partial charge is 0.462 e. The van der Waals surface area contributed by atoms with Crippen LogP contribution in [0.1, 0.15) is 22.3 Å². The van der Waals surface area contributed by atoms with Gasteiger partial charge in [0.15, 0.2) is 5.13 Å². The Morgan fingerprint density at radius 2 is 2.08 bits per heavy atom. The summed E-state index contributed by atoms with van der Waals surface area (Å²) in [5.41, 5.74) is 1.92. The van der Waals surface area contributed by atoms with Gasteiger partial charge in [-0.05, 0) is 32.0 Å². The number of pyridine rings is 1. The molecule has 3 rings (SSSR count). The van der Waals surface area contributed by atoms with Gasteiger partial charge in [-0.1, -0.05) is 17.4 Å². The van der Waals surface area contributed by atoms with Crippen molar-refractivity contribution >= 4 is 28.4 Å². The quantitative estimate of drug-likeness (QED) is 0.713. The summed E-state index contributed by atoms with van der Waals surface area (Å²) in [6, 6.07) is 7.24. The van der Waals surface area contributed by atoms with Gasteiger partial charge in [-0.2, -0.15) is 0 Å². The van der Waals surface area contributed by atoms with E-state index in [1.807, 2.05) is 13.0 Å². The molecule has 0 aliphatic heterocycles. The highest BCUT2D eigenvalue weighted by molar-refractivity contribution is 7.18. The van der Waals surface area contributed by atoms with Crippen LogP contribution < -0.4 is 5.32 Å². The number of rotatable bonds is 5. The second-order valence-corrected chi connectivity index (χ2v) is 5.78. The number of thiazole rings is 1. The third-order valence-electron chi connectivity index (χ3n) is 3.01. The van der Waals surface area contributed by atoms with Crippen molar-refractivity contribution in [1.82, 2.24) is 19.9 Å². The lowest BCUT2D eigenvalue weighted by molar-refractivity contribution is 0.0532. The fourth-order valence-corrected chi connectivity index (χ4v) is 2.85. The Bertz CT molecular complexity index is 851. The lowest BCUT2D eigenvalue weighted by atomic mass is 10.2. The number of hydrogen-bond acceptors (Lipinski definition) is 8. The summed E-state index contributed by atoms with van der Waals surface area (Å²) in [7, 11) is 0. The molecule has 0 saturated carbocycles. The molecule has 0 amide bonds. The highest BCUT2D eigenvalue weighted by atomic mass is 32.1. The van der Waals surface area contributed by atoms with Crippen molar-refractivity contribution in [3.63, 3.8) is 0 Å². The van der Waals surface area contributed by atoms with E-state index in [1.165, 1.54) is 11.3 Å². The summed E-state index contributed by atoms with van der Waals surface area (Å²) in [5.74, 6) is 0.000549. The van der Waals surface area contributed by atoms with Gasteiger partial charge in [0.2, 0.25) is 5.95 Å². The molecule has 3 aromatic heterocycles. The number of nitrogens with zero attached hydrogens (tertiary/aromatic N) is 4. The smallest absolute Gasteiger partial charge is 0.350 e. The van der Waals surface area contributed by atoms with Crippen LogP contribution in [0.2, 0.25) is 0 Å². The van der Waals surface area contributed by atoms with Crippen molar-refractivity contribution in [1.29, 1.82) is 0 Å². The van der Waals surface area contributed by atoms with Crippen LogP contribution in [0, 0.1) is 6.92 Å². The van der Waals surface area contributed by atoms with Crippen LogP contribution >= 0.6 is 11.3 Å². The molecule has 0 unspecified atom stereocenters. The normalized spacial score (nSPS) is 10.4. The maximum Gasteiger partial charge on any atom is 0.350 e. The van der Waals surface area contributed by atoms with Gasteiger partial charge in [0.05, 0.1) is 12.3 Å². The first-order valence-electron chi connectivity index (χ1n) is 7.33. The Kier molecular flexibility index (Phi) is 4.76. The first-order valence-corrected chi connectivity index (χ1v) is 8.15. The molecule has 0 aliphatic rings. The van der Waals surface area contributed by atoms with Crippen LogP contribution in [-0.2, 0) is 4.74 Å². The van der Waals surface area contributed by atoms with Crippen LogP contribution in [0.5, 0.6) is 0 Å². The van der Waals surface area contributed by atoms with E-state index in [0.29, 0.717) is 34.0 Å². The summed E-state index contributed by atoms with van der Waals surface area (Å²) in [6.07, 6.45) is 3.31. The molecule has 0 fully saturated rings. The molecule has 1 N–H and O–H groups in total. The van der Waals surface area contributed by atoms with Gasteiger partial charge in [-0.15, -0.1) is 0 Å². The second-order valence-electron chi connectivity index (χ2n) is 4.78. The number of ether oxygens (including phenoxy) is 1. The molecule has 8 heteroatoms. The van der Waals surface area contributed by atoms with Gasteiger partial charge >= 0.3 is 5.97 Å². The first-order chi connectivity index (χ1) is 11.7. The van der Waals surface area contributed by atoms with Gasteiger partial charge in [0, 0.05) is 18.1 Å². The molecule has 3 aromatic rings. The Morgan fingerprint density at radius 3 is 2.79 bits per heavy atom. The van der Waals surface area contributed by atoms with E-state index < -0.39 is 5.97 Å². The van der Waals surface area contributed by atoms with E-state index >= 15 is 0 Å². The topological polar surface area (TPSA) is 89.9 Å². The van der Waals surface area contributed by atoms with E-state index in [0.717, 1.165) is 5.69 Å². The number of aromatic nitrogens is 4. The maximum atomic E-state index is 12.2. The molecular formula is C16H15N5O2S. The number of anilines is 2. The fourth-order valence-electron chi connectivity index (χ4n) is 1.99. The minimum Gasteiger partial charge on any atom is -0.462 e. The van der Waals surface area contributed by atoms with Crippen molar-refractivity contribution in [2.24, 2.45) is 0 Å². The minimum atomic E-state index is -0.422. The Morgan fingerprint density at radius 1 is 1.21 bits per heavy atom. The Labute approximate surface area is 142 Å². The monoisotopic (exact) mass is 341 g/mol. The van der Waals surface area contributed by atoms with Crippen molar-refractivity contribution in [3.8, 4) is 11.4 Å². The van der Waals surface area contributed by atoms with Crippen molar-refractivity contribution in [3.05, 3.63) is 47.2 Å². The summed E-state index contributed by atoms with van der Waals surface area (Å²) >= 11 is 1.19. The van der Waals surface area contributed by atoms with Crippen molar-refractivity contribution < 1.29 is 9.53 Å². The number of esters is 1. The maximum absolute atomic E-state index is 12.2. The molecule has 122 valence electrons. The Hall–Kier alpha value is -2.87. The highest BCUT2D eigenvalue weighted by Gasteiger charge is 2.21. The number of hydrogen-bond donors (Lipinski definition) is 1. The van der Waals surface area contributed by atoms with E-state index in [9.17, 15) is 4.79 Å². The van der Waals surface area contributed by atoms with Crippen molar-refractivity contribution in [2.45, 2.75) is 13.8 Å². The zero-order valence-corrected chi connectivity index (χ0v) is 14.0. The third kappa shape index (κ3) is 3.54. The summed E-state index contributed by atoms with van der Waals surface area (Å²) in [6.45, 7) is 3.93. The predicted octanol–water partition coefficient (Wildman–Crippen LogP) is 3.22. The molecule has 7 nitrogen and oxygen atoms in total. The standard InChI is InChI=1S/C16H15N5O2S/c1-3-23-14(22)13-12(11-6-4-5-8-17-11)20-16(24-13)21-15-18-9-7-10(2)19-15/h4-9H,3H2,1-2H3,(H,18,19,20,21). The van der Waals surface area contributed by atoms with Gasteiger partial charge in [-0.3, -0.25) is 4.98 Å². The number of nitrogens with one attached hydrogen (secondary N) is 1. The molecule has 0 saturated heterocycles. The molecule has 0 radical (unpaired) electrons. The lowest BCUT2D eigenvalue weighted by Gasteiger charge is -2.01. The van der Waals surface area contributed by atoms with E-state index in [1.54, 1.807) is 37.5 Å². The van der Waals surface area contributed by atoms with Crippen LogP contribution in [0.4, 0.5) is 11.1 Å². The first kappa shape index (κ1) is 16.0. The Balaban J connectivity index is 1.98. The zero-order chi connectivity index (χ0) is 16.9. The molecule has 0 aliphatic carbocycles. The molecule has 3 heterocycles. The summed E-state index contributed by atoms with van der Waals surface area (Å²) < 4.78 is 5.12. The van der Waals surface area contributed by atoms with Crippen LogP contribution in [0.3, 0.4) is 0 Å². The average molecular weight is 341 g/mol. The second kappa shape index (κ2) is 7.14. The van der Waals surface area contributed by atoms with Gasteiger partial charge in [0.1, 0.15) is 10.6 Å². The van der Waals surface area contributed by atoms with Gasteiger partial charge in [0.25, 0.3) is 0 Å². The highest BCUT2D eigenvalue weighted by Crippen LogP contribution is 2.31. The molecule has 24 heavy (non-hydrogen) atoms. The fraction of sp³-hybridized carbons (Fsp3) is 0.188. The zero-order valence-electron chi connectivity index (χ0n) is 13.2. The summed E-state index contributed by atoms with van der Waals surface area (Å²) in [5, 5.41) is 3.53. The van der Waals surface area contributed by atoms with E-state index in [2.05, 4.69) is 25.3 Å². The average Bonchev–Trinajstić information content (AvgIpc) is 3.00. The third-order valence-corrected chi connectivity index (χ3v) is 3.96. The van der Waals surface area contributed by atoms with Crippen LogP contribution in [0.15, 0.2) is 36.7 Å². The SMILES string of the molecule is CCOC(=O)c1sc(Nc2nccc(C)n2)nc1-c1ccccn1. The predicted molar refractivity (Wildman–Crippen MR) is 91.4 cm³/mol. The lowest BCUT2D eigenvalue weighted by Crippen LogP contribution is -2.04.